The summed E-state index contributed by atoms with van der Waals surface area (Å²) in [6, 6.07) is 11.9. The van der Waals surface area contributed by atoms with Crippen LogP contribution in [0.25, 0.3) is 0 Å². The van der Waals surface area contributed by atoms with Gasteiger partial charge in [-0.1, -0.05) is 18.7 Å². The molecule has 0 radical (unpaired) electrons. The van der Waals surface area contributed by atoms with Gasteiger partial charge in [0.2, 0.25) is 11.8 Å². The molecule has 202 valence electrons. The lowest BCUT2D eigenvalue weighted by molar-refractivity contribution is -0.130. The molecule has 2 heterocycles. The maximum atomic E-state index is 14.5. The molecule has 2 saturated heterocycles. The Morgan fingerprint density at radius 2 is 2.00 bits per heavy atom. The van der Waals surface area contributed by atoms with E-state index in [0.717, 1.165) is 0 Å². The molecule has 2 N–H and O–H groups in total. The number of carbonyl (C=O) groups excluding carboxylic acids is 3. The molecule has 0 aliphatic carbocycles. The van der Waals surface area contributed by atoms with E-state index in [4.69, 9.17) is 4.74 Å². The van der Waals surface area contributed by atoms with Crippen molar-refractivity contribution < 1.29 is 23.5 Å². The Hall–Kier alpha value is -3.72. The van der Waals surface area contributed by atoms with Gasteiger partial charge in [0, 0.05) is 56.8 Å². The quantitative estimate of drug-likeness (QED) is 0.494. The first kappa shape index (κ1) is 27.3. The van der Waals surface area contributed by atoms with Crippen molar-refractivity contribution in [3.8, 4) is 5.75 Å². The Labute approximate surface area is 222 Å². The molecule has 4 rings (SSSR count). The highest BCUT2D eigenvalue weighted by molar-refractivity contribution is 5.94. The number of piperazine rings is 1. The zero-order valence-corrected chi connectivity index (χ0v) is 21.9. The minimum absolute atomic E-state index is 0.00959. The van der Waals surface area contributed by atoms with Gasteiger partial charge in [-0.2, -0.15) is 0 Å². The number of halogens is 1. The van der Waals surface area contributed by atoms with Crippen LogP contribution in [0.15, 0.2) is 55.1 Å². The Morgan fingerprint density at radius 3 is 2.63 bits per heavy atom. The molecule has 2 aliphatic heterocycles. The first-order valence-corrected chi connectivity index (χ1v) is 13.0. The molecule has 3 atom stereocenters. The van der Waals surface area contributed by atoms with Crippen LogP contribution in [0.3, 0.4) is 0 Å². The third kappa shape index (κ3) is 6.77. The minimum atomic E-state index is -0.454. The molecule has 9 heteroatoms. The number of hydrogen-bond donors (Lipinski definition) is 2. The van der Waals surface area contributed by atoms with Gasteiger partial charge in [-0.05, 0) is 67.8 Å². The lowest BCUT2D eigenvalue weighted by atomic mass is 10.0. The predicted octanol–water partition coefficient (Wildman–Crippen LogP) is 2.98. The van der Waals surface area contributed by atoms with Gasteiger partial charge >= 0.3 is 0 Å². The predicted molar refractivity (Wildman–Crippen MR) is 142 cm³/mol. The third-order valence-electron chi connectivity index (χ3n) is 7.15. The van der Waals surface area contributed by atoms with Crippen LogP contribution < -0.4 is 15.4 Å². The molecule has 3 amide bonds. The van der Waals surface area contributed by atoms with Gasteiger partial charge in [-0.3, -0.25) is 19.3 Å². The molecule has 2 aromatic rings. The largest absolute Gasteiger partial charge is 0.484 e. The molecule has 0 saturated carbocycles. The average molecular weight is 523 g/mol. The molecule has 8 nitrogen and oxygen atoms in total. The van der Waals surface area contributed by atoms with Crippen molar-refractivity contribution in [3.05, 3.63) is 77.6 Å². The fraction of sp³-hybridized carbons (Fsp3) is 0.414. The third-order valence-corrected chi connectivity index (χ3v) is 7.15. The number of hydrogen-bond acceptors (Lipinski definition) is 5. The van der Waals surface area contributed by atoms with E-state index < -0.39 is 6.10 Å². The molecule has 0 spiro atoms. The van der Waals surface area contributed by atoms with E-state index in [0.29, 0.717) is 68.0 Å². The van der Waals surface area contributed by atoms with Crippen LogP contribution in [0.2, 0.25) is 0 Å². The second kappa shape index (κ2) is 12.2. The topological polar surface area (TPSA) is 91.0 Å². The number of rotatable bonds is 9. The summed E-state index contributed by atoms with van der Waals surface area (Å²) < 4.78 is 20.8. The van der Waals surface area contributed by atoms with E-state index in [1.807, 2.05) is 13.0 Å². The van der Waals surface area contributed by atoms with Crippen LogP contribution in [-0.4, -0.2) is 72.3 Å². The first-order chi connectivity index (χ1) is 18.2. The summed E-state index contributed by atoms with van der Waals surface area (Å²) in [5.41, 5.74) is 1.76. The molecular weight excluding hydrogens is 487 g/mol. The van der Waals surface area contributed by atoms with E-state index >= 15 is 0 Å². The highest BCUT2D eigenvalue weighted by Gasteiger charge is 2.29. The van der Waals surface area contributed by atoms with Gasteiger partial charge in [0.05, 0.1) is 0 Å². The van der Waals surface area contributed by atoms with E-state index in [1.54, 1.807) is 42.2 Å². The van der Waals surface area contributed by atoms with Crippen LogP contribution in [0.1, 0.15) is 47.4 Å². The molecule has 0 aromatic heterocycles. The van der Waals surface area contributed by atoms with Crippen LogP contribution in [0.5, 0.6) is 5.75 Å². The number of nitrogens with zero attached hydrogens (tertiary/aromatic N) is 2. The Balaban J connectivity index is 1.42. The maximum absolute atomic E-state index is 14.5. The fourth-order valence-electron chi connectivity index (χ4n) is 4.90. The van der Waals surface area contributed by atoms with Gasteiger partial charge in [0.15, 0.2) is 0 Å². The first-order valence-electron chi connectivity index (χ1n) is 13.0. The van der Waals surface area contributed by atoms with Crippen LogP contribution in [0, 0.1) is 12.7 Å². The number of amides is 3. The molecule has 38 heavy (non-hydrogen) atoms. The van der Waals surface area contributed by atoms with Crippen LogP contribution in [0.4, 0.5) is 4.39 Å². The number of carbonyl (C=O) groups is 3. The van der Waals surface area contributed by atoms with Gasteiger partial charge in [0.25, 0.3) is 5.91 Å². The minimum Gasteiger partial charge on any atom is -0.484 e. The standard InChI is InChI=1S/C29H35FN4O4/c1-4-28(36)34-14-13-33(17-20(34)3)18-26(22-6-5-19(2)25(30)15-22)38-24-10-7-21(8-11-24)29(37)31-16-23-9-12-27(35)32-23/h4-8,10-11,15,20,23,26H,1,9,12-14,16-18H2,2-3H3,(H,31,37)(H,32,35)/t20-,23-,26+/m1/s1. The Bertz CT molecular complexity index is 1190. The van der Waals surface area contributed by atoms with E-state index in [2.05, 4.69) is 22.1 Å². The summed E-state index contributed by atoms with van der Waals surface area (Å²) in [6.07, 6.45) is 2.08. The highest BCUT2D eigenvalue weighted by Crippen LogP contribution is 2.26. The average Bonchev–Trinajstić information content (AvgIpc) is 3.33. The van der Waals surface area contributed by atoms with Crippen molar-refractivity contribution in [1.82, 2.24) is 20.4 Å². The summed E-state index contributed by atoms with van der Waals surface area (Å²) in [5.74, 6) is -0.0331. The van der Waals surface area contributed by atoms with Gasteiger partial charge in [0.1, 0.15) is 17.7 Å². The smallest absolute Gasteiger partial charge is 0.251 e. The zero-order chi connectivity index (χ0) is 27.2. The monoisotopic (exact) mass is 522 g/mol. The fourth-order valence-corrected chi connectivity index (χ4v) is 4.90. The summed E-state index contributed by atoms with van der Waals surface area (Å²) in [7, 11) is 0. The molecule has 2 fully saturated rings. The van der Waals surface area contributed by atoms with Gasteiger partial charge in [-0.25, -0.2) is 4.39 Å². The van der Waals surface area contributed by atoms with Gasteiger partial charge in [-0.15, -0.1) is 0 Å². The van der Waals surface area contributed by atoms with Crippen molar-refractivity contribution in [2.75, 3.05) is 32.7 Å². The maximum Gasteiger partial charge on any atom is 0.251 e. The molecule has 0 unspecified atom stereocenters. The summed E-state index contributed by atoms with van der Waals surface area (Å²) in [5, 5.41) is 5.69. The molecular formula is C29H35FN4O4. The number of benzene rings is 2. The normalized spacial score (nSPS) is 20.5. The summed E-state index contributed by atoms with van der Waals surface area (Å²) in [6.45, 7) is 10.1. The van der Waals surface area contributed by atoms with E-state index in [-0.39, 0.29) is 35.6 Å². The summed E-state index contributed by atoms with van der Waals surface area (Å²) >= 11 is 0. The molecule has 2 aliphatic rings. The number of aryl methyl sites for hydroxylation is 1. The van der Waals surface area contributed by atoms with Crippen molar-refractivity contribution in [3.63, 3.8) is 0 Å². The lowest BCUT2D eigenvalue weighted by Crippen LogP contribution is -2.54. The second-order valence-corrected chi connectivity index (χ2v) is 10.00. The Kier molecular flexibility index (Phi) is 8.78. The Morgan fingerprint density at radius 1 is 1.24 bits per heavy atom. The molecule has 0 bridgehead atoms. The second-order valence-electron chi connectivity index (χ2n) is 10.00. The highest BCUT2D eigenvalue weighted by atomic mass is 19.1. The van der Waals surface area contributed by atoms with E-state index in [9.17, 15) is 18.8 Å². The SMILES string of the molecule is C=CC(=O)N1CCN(C[C@H](Oc2ccc(C(=O)NC[C@H]3CCC(=O)N3)cc2)c2ccc(C)c(F)c2)C[C@H]1C. The van der Waals surface area contributed by atoms with Crippen molar-refractivity contribution >= 4 is 17.7 Å². The lowest BCUT2D eigenvalue weighted by Gasteiger charge is -2.40. The van der Waals surface area contributed by atoms with Crippen molar-refractivity contribution in [2.45, 2.75) is 44.9 Å². The van der Waals surface area contributed by atoms with Crippen LogP contribution >= 0.6 is 0 Å². The zero-order valence-electron chi connectivity index (χ0n) is 21.9. The molecule has 2 aromatic carbocycles. The number of nitrogens with one attached hydrogen (secondary N) is 2. The summed E-state index contributed by atoms with van der Waals surface area (Å²) in [4.78, 5) is 40.0. The van der Waals surface area contributed by atoms with Crippen LogP contribution in [-0.2, 0) is 9.59 Å². The van der Waals surface area contributed by atoms with E-state index in [1.165, 1.54) is 12.1 Å². The van der Waals surface area contributed by atoms with Crippen molar-refractivity contribution in [2.24, 2.45) is 0 Å². The van der Waals surface area contributed by atoms with Crippen molar-refractivity contribution in [1.29, 1.82) is 0 Å². The number of ether oxygens (including phenoxy) is 1. The van der Waals surface area contributed by atoms with Gasteiger partial charge < -0.3 is 20.3 Å².